The average Bonchev–Trinajstić information content (AvgIpc) is 3.64. The topological polar surface area (TPSA) is 134 Å². The molecule has 0 unspecified atom stereocenters. The number of amides is 3. The highest BCUT2D eigenvalue weighted by atomic mass is 16.6. The smallest absolute Gasteiger partial charge is 0.409 e. The molecule has 3 heterocycles. The Labute approximate surface area is 286 Å². The van der Waals surface area contributed by atoms with Gasteiger partial charge in [-0.05, 0) is 30.7 Å². The molecule has 3 amide bonds. The van der Waals surface area contributed by atoms with E-state index in [0.29, 0.717) is 70.5 Å². The largest absolute Gasteiger partial charge is 0.466 e. The number of carbonyl (C=O) groups is 4. The molecule has 1 aromatic heterocycles. The zero-order chi connectivity index (χ0) is 34.3. The molecule has 6 rings (SSSR count). The number of hydrogen-bond donors (Lipinski definition) is 1. The number of piperazine rings is 1. The predicted octanol–water partition coefficient (Wildman–Crippen LogP) is 3.81. The highest BCUT2D eigenvalue weighted by Crippen LogP contribution is 2.53. The van der Waals surface area contributed by atoms with Crippen molar-refractivity contribution in [1.29, 1.82) is 0 Å². The quantitative estimate of drug-likeness (QED) is 0.226. The molecule has 3 fully saturated rings. The van der Waals surface area contributed by atoms with E-state index in [4.69, 9.17) is 14.5 Å². The number of nitrogens with one attached hydrogen (secondary N) is 1. The van der Waals surface area contributed by atoms with Crippen molar-refractivity contribution < 1.29 is 28.7 Å². The summed E-state index contributed by atoms with van der Waals surface area (Å²) < 4.78 is 10.6. The van der Waals surface area contributed by atoms with Gasteiger partial charge in [-0.1, -0.05) is 74.0 Å². The number of anilines is 1. The third-order valence-electron chi connectivity index (χ3n) is 9.51. The molecule has 12 nitrogen and oxygen atoms in total. The first-order valence-corrected chi connectivity index (χ1v) is 17.3. The minimum Gasteiger partial charge on any atom is -0.466 e. The molecule has 2 aliphatic heterocycles. The van der Waals surface area contributed by atoms with Gasteiger partial charge >= 0.3 is 12.1 Å². The van der Waals surface area contributed by atoms with Crippen LogP contribution in [0.2, 0.25) is 0 Å². The Morgan fingerprint density at radius 2 is 1.51 bits per heavy atom. The van der Waals surface area contributed by atoms with Crippen molar-refractivity contribution in [3.05, 3.63) is 78.0 Å². The standard InChI is InChI=1S/C37H44N6O6/c1-3-5-20-49-37(47)42-18-16-41(17-19-42)35(45)30(21-25-12-8-6-9-13-25)39-34(44)29-22-31(40-33(38-29)26-14-10-7-11-15-26)43-23-27-28(24-43)32(27)36(46)48-4-2/h6-15,22,27-28,30,32H,3-5,16-21,23-24H2,1-2H3,(H,39,44)/t27-,28+,30-,32+/m0/s1. The molecule has 3 aliphatic rings. The highest BCUT2D eigenvalue weighted by molar-refractivity contribution is 5.97. The van der Waals surface area contributed by atoms with Gasteiger partial charge in [0.2, 0.25) is 5.91 Å². The second kappa shape index (κ2) is 15.5. The van der Waals surface area contributed by atoms with Crippen molar-refractivity contribution in [3.63, 3.8) is 0 Å². The van der Waals surface area contributed by atoms with Crippen LogP contribution < -0.4 is 10.2 Å². The molecule has 2 aromatic carbocycles. The number of aromatic nitrogens is 2. The van der Waals surface area contributed by atoms with E-state index >= 15 is 0 Å². The zero-order valence-corrected chi connectivity index (χ0v) is 28.1. The van der Waals surface area contributed by atoms with Gasteiger partial charge in [-0.2, -0.15) is 0 Å². The van der Waals surface area contributed by atoms with Crippen molar-refractivity contribution in [2.75, 3.05) is 57.4 Å². The lowest BCUT2D eigenvalue weighted by Gasteiger charge is -2.36. The number of fused-ring (bicyclic) bond motifs is 1. The Balaban J connectivity index is 1.19. The SMILES string of the molecule is CCCCOC(=O)N1CCN(C(=O)[C@H](Cc2ccccc2)NC(=O)c2cc(N3C[C@@H]4[C@H](C3)[C@H]4C(=O)OCC)nc(-c3ccccc3)n2)CC1. The van der Waals surface area contributed by atoms with Crippen LogP contribution in [0.3, 0.4) is 0 Å². The van der Waals surface area contributed by atoms with Crippen molar-refractivity contribution >= 4 is 29.7 Å². The number of ether oxygens (including phenoxy) is 2. The van der Waals surface area contributed by atoms with Crippen LogP contribution >= 0.6 is 0 Å². The molecule has 1 saturated carbocycles. The summed E-state index contributed by atoms with van der Waals surface area (Å²) in [6, 6.07) is 19.8. The van der Waals surface area contributed by atoms with E-state index in [1.807, 2.05) is 74.5 Å². The molecule has 49 heavy (non-hydrogen) atoms. The molecule has 0 spiro atoms. The van der Waals surface area contributed by atoms with Gasteiger partial charge < -0.3 is 29.5 Å². The summed E-state index contributed by atoms with van der Waals surface area (Å²) in [4.78, 5) is 67.8. The first kappa shape index (κ1) is 33.9. The summed E-state index contributed by atoms with van der Waals surface area (Å²) in [6.07, 6.45) is 1.67. The van der Waals surface area contributed by atoms with Gasteiger partial charge in [0.1, 0.15) is 17.6 Å². The van der Waals surface area contributed by atoms with Crippen LogP contribution in [0.1, 0.15) is 42.7 Å². The molecule has 4 atom stereocenters. The van der Waals surface area contributed by atoms with Crippen molar-refractivity contribution in [2.45, 2.75) is 39.2 Å². The number of rotatable bonds is 12. The van der Waals surface area contributed by atoms with Gasteiger partial charge in [0.25, 0.3) is 5.91 Å². The Hall–Kier alpha value is -5.00. The molecule has 0 radical (unpaired) electrons. The maximum absolute atomic E-state index is 14.0. The summed E-state index contributed by atoms with van der Waals surface area (Å²) in [5.74, 6) is 0.441. The molecule has 12 heteroatoms. The molecule has 1 aliphatic carbocycles. The van der Waals surface area contributed by atoms with Crippen LogP contribution in [0.5, 0.6) is 0 Å². The van der Waals surface area contributed by atoms with Crippen molar-refractivity contribution in [3.8, 4) is 11.4 Å². The Morgan fingerprint density at radius 3 is 2.16 bits per heavy atom. The molecular formula is C37H44N6O6. The summed E-state index contributed by atoms with van der Waals surface area (Å²) in [5, 5.41) is 2.99. The van der Waals surface area contributed by atoms with Crippen LogP contribution in [0, 0.1) is 17.8 Å². The van der Waals surface area contributed by atoms with Gasteiger partial charge in [0, 0.05) is 57.3 Å². The Bertz CT molecular complexity index is 1620. The monoisotopic (exact) mass is 668 g/mol. The highest BCUT2D eigenvalue weighted by Gasteiger charge is 2.60. The first-order chi connectivity index (χ1) is 23.9. The van der Waals surface area contributed by atoms with Crippen molar-refractivity contribution in [1.82, 2.24) is 25.1 Å². The van der Waals surface area contributed by atoms with E-state index in [9.17, 15) is 19.2 Å². The van der Waals surface area contributed by atoms with Crippen LogP contribution in [0.4, 0.5) is 10.6 Å². The second-order valence-corrected chi connectivity index (χ2v) is 12.8. The number of piperidine rings is 1. The molecule has 2 saturated heterocycles. The summed E-state index contributed by atoms with van der Waals surface area (Å²) in [5.41, 5.74) is 1.81. The molecule has 3 aromatic rings. The first-order valence-electron chi connectivity index (χ1n) is 17.3. The van der Waals surface area contributed by atoms with E-state index in [-0.39, 0.29) is 41.4 Å². The number of hydrogen-bond acceptors (Lipinski definition) is 9. The molecule has 258 valence electrons. The lowest BCUT2D eigenvalue weighted by atomic mass is 10.0. The minimum absolute atomic E-state index is 0.0901. The van der Waals surface area contributed by atoms with Gasteiger partial charge in [0.05, 0.1) is 19.1 Å². The molecular weight excluding hydrogens is 624 g/mol. The van der Waals surface area contributed by atoms with Gasteiger partial charge in [-0.15, -0.1) is 0 Å². The van der Waals surface area contributed by atoms with Crippen LogP contribution in [0.25, 0.3) is 11.4 Å². The summed E-state index contributed by atoms with van der Waals surface area (Å²) in [7, 11) is 0. The third kappa shape index (κ3) is 8.01. The van der Waals surface area contributed by atoms with E-state index in [2.05, 4.69) is 15.2 Å². The maximum Gasteiger partial charge on any atom is 0.409 e. The Kier molecular flexibility index (Phi) is 10.7. The molecule has 1 N–H and O–H groups in total. The zero-order valence-electron chi connectivity index (χ0n) is 28.1. The van der Waals surface area contributed by atoms with E-state index in [0.717, 1.165) is 24.0 Å². The fraction of sp³-hybridized carbons (Fsp3) is 0.459. The van der Waals surface area contributed by atoms with Gasteiger partial charge in [-0.25, -0.2) is 14.8 Å². The fourth-order valence-electron chi connectivity index (χ4n) is 6.74. The lowest BCUT2D eigenvalue weighted by Crippen LogP contribution is -2.56. The number of benzene rings is 2. The van der Waals surface area contributed by atoms with Gasteiger partial charge in [0.15, 0.2) is 5.82 Å². The maximum atomic E-state index is 14.0. The van der Waals surface area contributed by atoms with Crippen molar-refractivity contribution in [2.24, 2.45) is 17.8 Å². The van der Waals surface area contributed by atoms with Crippen LogP contribution in [-0.2, 0) is 25.5 Å². The van der Waals surface area contributed by atoms with E-state index < -0.39 is 11.9 Å². The minimum atomic E-state index is -0.860. The lowest BCUT2D eigenvalue weighted by molar-refractivity contribution is -0.145. The fourth-order valence-corrected chi connectivity index (χ4v) is 6.74. The van der Waals surface area contributed by atoms with Crippen LogP contribution in [0.15, 0.2) is 66.7 Å². The second-order valence-electron chi connectivity index (χ2n) is 12.8. The predicted molar refractivity (Wildman–Crippen MR) is 183 cm³/mol. The number of carbonyl (C=O) groups excluding carboxylic acids is 4. The Morgan fingerprint density at radius 1 is 0.857 bits per heavy atom. The summed E-state index contributed by atoms with van der Waals surface area (Å²) >= 11 is 0. The number of esters is 1. The van der Waals surface area contributed by atoms with Crippen LogP contribution in [-0.4, -0.2) is 102 Å². The van der Waals surface area contributed by atoms with E-state index in [1.54, 1.807) is 15.9 Å². The summed E-state index contributed by atoms with van der Waals surface area (Å²) in [6.45, 7) is 7.23. The molecule has 0 bridgehead atoms. The van der Waals surface area contributed by atoms with Gasteiger partial charge in [-0.3, -0.25) is 14.4 Å². The average molecular weight is 669 g/mol. The normalized spacial score (nSPS) is 20.3. The van der Waals surface area contributed by atoms with E-state index in [1.165, 1.54) is 0 Å². The third-order valence-corrected chi connectivity index (χ3v) is 9.51. The number of nitrogens with zero attached hydrogens (tertiary/aromatic N) is 5. The number of unbranched alkanes of at least 4 members (excludes halogenated alkanes) is 1.